The number of benzene rings is 1. The van der Waals surface area contributed by atoms with E-state index in [1.54, 1.807) is 17.0 Å². The Morgan fingerprint density at radius 2 is 1.88 bits per heavy atom. The van der Waals surface area contributed by atoms with Gasteiger partial charge in [-0.15, -0.1) is 0 Å². The lowest BCUT2D eigenvalue weighted by atomic mass is 10.0. The molecule has 26 heavy (non-hydrogen) atoms. The molecule has 1 aromatic carbocycles. The van der Waals surface area contributed by atoms with E-state index < -0.39 is 15.1 Å². The number of hydrogen-bond acceptors (Lipinski definition) is 4. The topological polar surface area (TPSA) is 67.6 Å². The first kappa shape index (κ1) is 18.7. The first-order valence-corrected chi connectivity index (χ1v) is 10.7. The summed E-state index contributed by atoms with van der Waals surface area (Å²) in [4.78, 5) is 14.3. The van der Waals surface area contributed by atoms with Crippen molar-refractivity contribution in [3.05, 3.63) is 59.5 Å². The maximum absolute atomic E-state index is 12.5. The van der Waals surface area contributed by atoms with E-state index in [9.17, 15) is 13.2 Å². The van der Waals surface area contributed by atoms with Gasteiger partial charge in [0, 0.05) is 19.5 Å². The molecule has 140 valence electrons. The first-order chi connectivity index (χ1) is 12.5. The van der Waals surface area contributed by atoms with Crippen LogP contribution in [-0.2, 0) is 26.8 Å². The molecule has 0 N–H and O–H groups in total. The van der Waals surface area contributed by atoms with Gasteiger partial charge in [0.25, 0.3) is 0 Å². The van der Waals surface area contributed by atoms with Crippen LogP contribution in [0, 0.1) is 6.92 Å². The van der Waals surface area contributed by atoms with Gasteiger partial charge in [-0.2, -0.15) is 0 Å². The number of carbonyl (C=O) groups is 1. The van der Waals surface area contributed by atoms with Crippen LogP contribution in [0.1, 0.15) is 36.1 Å². The van der Waals surface area contributed by atoms with Crippen molar-refractivity contribution in [3.63, 3.8) is 0 Å². The number of nitrogens with zero attached hydrogens (tertiary/aromatic N) is 1. The quantitative estimate of drug-likeness (QED) is 0.778. The van der Waals surface area contributed by atoms with Crippen molar-refractivity contribution in [2.24, 2.45) is 0 Å². The SMILES string of the molecule is Cc1ccccc1CCC(=O)N1CCC(S(=O)(=O)Cc2ccco2)CC1. The van der Waals surface area contributed by atoms with Crippen LogP contribution in [0.15, 0.2) is 47.1 Å². The molecule has 0 spiro atoms. The molecular weight excluding hydrogens is 350 g/mol. The van der Waals surface area contributed by atoms with Gasteiger partial charge >= 0.3 is 0 Å². The number of carbonyl (C=O) groups excluding carboxylic acids is 1. The zero-order valence-electron chi connectivity index (χ0n) is 15.1. The monoisotopic (exact) mass is 375 g/mol. The van der Waals surface area contributed by atoms with Crippen LogP contribution in [0.3, 0.4) is 0 Å². The molecule has 1 saturated heterocycles. The Bertz CT molecular complexity index is 834. The third-order valence-electron chi connectivity index (χ3n) is 5.10. The summed E-state index contributed by atoms with van der Waals surface area (Å²) >= 11 is 0. The van der Waals surface area contributed by atoms with Gasteiger partial charge in [-0.3, -0.25) is 4.79 Å². The van der Waals surface area contributed by atoms with Crippen LogP contribution in [0.25, 0.3) is 0 Å². The molecule has 0 saturated carbocycles. The van der Waals surface area contributed by atoms with Crippen molar-refractivity contribution in [1.82, 2.24) is 4.90 Å². The molecule has 1 aromatic heterocycles. The van der Waals surface area contributed by atoms with Gasteiger partial charge in [0.2, 0.25) is 5.91 Å². The number of likely N-dealkylation sites (tertiary alicyclic amines) is 1. The Hall–Kier alpha value is -2.08. The second-order valence-corrected chi connectivity index (χ2v) is 9.17. The summed E-state index contributed by atoms with van der Waals surface area (Å²) in [5.41, 5.74) is 2.39. The Kier molecular flexibility index (Phi) is 5.81. The van der Waals surface area contributed by atoms with Gasteiger partial charge in [-0.05, 0) is 49.4 Å². The van der Waals surface area contributed by atoms with E-state index >= 15 is 0 Å². The molecule has 0 bridgehead atoms. The van der Waals surface area contributed by atoms with Crippen molar-refractivity contribution in [2.75, 3.05) is 13.1 Å². The second kappa shape index (κ2) is 8.08. The van der Waals surface area contributed by atoms with E-state index in [0.29, 0.717) is 38.1 Å². The summed E-state index contributed by atoms with van der Waals surface area (Å²) in [5, 5.41) is -0.395. The third-order valence-corrected chi connectivity index (χ3v) is 7.27. The second-order valence-electron chi connectivity index (χ2n) is 6.89. The fourth-order valence-electron chi connectivity index (χ4n) is 3.47. The highest BCUT2D eigenvalue weighted by molar-refractivity contribution is 7.91. The normalized spacial score (nSPS) is 16.0. The Labute approximate surface area is 154 Å². The predicted molar refractivity (Wildman–Crippen MR) is 100 cm³/mol. The maximum atomic E-state index is 12.5. The van der Waals surface area contributed by atoms with Gasteiger partial charge in [0.1, 0.15) is 11.5 Å². The molecule has 2 heterocycles. The largest absolute Gasteiger partial charge is 0.468 e. The minimum absolute atomic E-state index is 0.0636. The van der Waals surface area contributed by atoms with E-state index in [1.807, 2.05) is 12.1 Å². The number of piperidine rings is 1. The van der Waals surface area contributed by atoms with Crippen molar-refractivity contribution >= 4 is 15.7 Å². The first-order valence-electron chi connectivity index (χ1n) is 9.02. The average Bonchev–Trinajstić information content (AvgIpc) is 3.13. The molecular formula is C20H25NO4S. The van der Waals surface area contributed by atoms with Crippen LogP contribution < -0.4 is 0 Å². The van der Waals surface area contributed by atoms with Crippen LogP contribution in [0.5, 0.6) is 0 Å². The molecule has 5 nitrogen and oxygen atoms in total. The number of sulfone groups is 1. The summed E-state index contributed by atoms with van der Waals surface area (Å²) < 4.78 is 30.2. The highest BCUT2D eigenvalue weighted by atomic mass is 32.2. The summed E-state index contributed by atoms with van der Waals surface area (Å²) in [6, 6.07) is 11.5. The Morgan fingerprint density at radius 3 is 2.54 bits per heavy atom. The van der Waals surface area contributed by atoms with Crippen molar-refractivity contribution in [2.45, 2.75) is 43.6 Å². The highest BCUT2D eigenvalue weighted by Crippen LogP contribution is 2.22. The molecule has 3 rings (SSSR count). The lowest BCUT2D eigenvalue weighted by molar-refractivity contribution is -0.132. The van der Waals surface area contributed by atoms with Crippen molar-refractivity contribution in [1.29, 1.82) is 0 Å². The maximum Gasteiger partial charge on any atom is 0.222 e. The summed E-state index contributed by atoms with van der Waals surface area (Å²) in [6.07, 6.45) is 3.68. The fourth-order valence-corrected chi connectivity index (χ4v) is 5.19. The number of rotatable bonds is 6. The van der Waals surface area contributed by atoms with E-state index in [-0.39, 0.29) is 11.7 Å². The van der Waals surface area contributed by atoms with E-state index in [0.717, 1.165) is 6.42 Å². The average molecular weight is 375 g/mol. The standard InChI is InChI=1S/C20H25NO4S/c1-16-5-2-3-6-17(16)8-9-20(22)21-12-10-19(11-13-21)26(23,24)15-18-7-4-14-25-18/h2-7,14,19H,8-13,15H2,1H3. The predicted octanol–water partition coefficient (Wildman–Crippen LogP) is 3.13. The number of amides is 1. The number of aryl methyl sites for hydroxylation is 2. The molecule has 1 fully saturated rings. The van der Waals surface area contributed by atoms with E-state index in [4.69, 9.17) is 4.42 Å². The number of furan rings is 1. The van der Waals surface area contributed by atoms with Crippen LogP contribution in [-0.4, -0.2) is 37.6 Å². The highest BCUT2D eigenvalue weighted by Gasteiger charge is 2.32. The summed E-state index contributed by atoms with van der Waals surface area (Å²) in [6.45, 7) is 3.07. The molecule has 0 atom stereocenters. The molecule has 2 aromatic rings. The van der Waals surface area contributed by atoms with Gasteiger partial charge < -0.3 is 9.32 Å². The van der Waals surface area contributed by atoms with Gasteiger partial charge in [-0.25, -0.2) is 8.42 Å². The Balaban J connectivity index is 1.50. The van der Waals surface area contributed by atoms with Gasteiger partial charge in [0.05, 0.1) is 11.5 Å². The molecule has 1 amide bonds. The van der Waals surface area contributed by atoms with Crippen molar-refractivity contribution in [3.8, 4) is 0 Å². The van der Waals surface area contributed by atoms with E-state index in [2.05, 4.69) is 19.1 Å². The minimum Gasteiger partial charge on any atom is -0.468 e. The zero-order valence-corrected chi connectivity index (χ0v) is 15.9. The van der Waals surface area contributed by atoms with Crippen LogP contribution >= 0.6 is 0 Å². The molecule has 1 aliphatic heterocycles. The van der Waals surface area contributed by atoms with E-state index in [1.165, 1.54) is 17.4 Å². The molecule has 6 heteroatoms. The number of hydrogen-bond donors (Lipinski definition) is 0. The summed E-state index contributed by atoms with van der Waals surface area (Å²) in [7, 11) is -3.25. The molecule has 0 radical (unpaired) electrons. The molecule has 1 aliphatic rings. The van der Waals surface area contributed by atoms with Crippen LogP contribution in [0.4, 0.5) is 0 Å². The third kappa shape index (κ3) is 4.55. The lowest BCUT2D eigenvalue weighted by Crippen LogP contribution is -2.42. The summed E-state index contributed by atoms with van der Waals surface area (Å²) in [5.74, 6) is 0.517. The van der Waals surface area contributed by atoms with Gasteiger partial charge in [0.15, 0.2) is 9.84 Å². The van der Waals surface area contributed by atoms with Gasteiger partial charge in [-0.1, -0.05) is 24.3 Å². The van der Waals surface area contributed by atoms with Crippen LogP contribution in [0.2, 0.25) is 0 Å². The Morgan fingerprint density at radius 1 is 1.15 bits per heavy atom. The lowest BCUT2D eigenvalue weighted by Gasteiger charge is -2.31. The molecule has 0 aliphatic carbocycles. The zero-order chi connectivity index (χ0) is 18.6. The fraction of sp³-hybridized carbons (Fsp3) is 0.450. The molecule has 0 unspecified atom stereocenters. The minimum atomic E-state index is -3.25. The smallest absolute Gasteiger partial charge is 0.222 e. The van der Waals surface area contributed by atoms with Crippen molar-refractivity contribution < 1.29 is 17.6 Å².